The number of amides is 1. The largest absolute Gasteiger partial charge is 0.350 e. The lowest BCUT2D eigenvalue weighted by molar-refractivity contribution is -0.122. The number of hydrogen-bond donors (Lipinski definition) is 1. The summed E-state index contributed by atoms with van der Waals surface area (Å²) in [7, 11) is -3.48. The first-order chi connectivity index (χ1) is 13.5. The van der Waals surface area contributed by atoms with Crippen LogP contribution >= 0.6 is 11.3 Å². The van der Waals surface area contributed by atoms with Crippen LogP contribution in [0.3, 0.4) is 0 Å². The van der Waals surface area contributed by atoms with Crippen LogP contribution in [0.15, 0.2) is 46.7 Å². The minimum Gasteiger partial charge on any atom is -0.350 e. The second-order valence-corrected chi connectivity index (χ2v) is 9.90. The van der Waals surface area contributed by atoms with Crippen molar-refractivity contribution in [3.8, 4) is 0 Å². The fourth-order valence-corrected chi connectivity index (χ4v) is 5.32. The molecule has 8 heteroatoms. The van der Waals surface area contributed by atoms with Crippen LogP contribution < -0.4 is 5.32 Å². The summed E-state index contributed by atoms with van der Waals surface area (Å²) in [6.45, 7) is 4.85. The highest BCUT2D eigenvalue weighted by Gasteiger charge is 2.29. The number of rotatable bonds is 8. The van der Waals surface area contributed by atoms with E-state index in [1.807, 2.05) is 34.5 Å². The van der Waals surface area contributed by atoms with Gasteiger partial charge in [-0.25, -0.2) is 8.42 Å². The van der Waals surface area contributed by atoms with E-state index >= 15 is 0 Å². The minimum atomic E-state index is -3.48. The summed E-state index contributed by atoms with van der Waals surface area (Å²) in [5.74, 6) is -0.0313. The molecule has 1 aromatic carbocycles. The predicted octanol–water partition coefficient (Wildman–Crippen LogP) is 2.32. The maximum atomic E-state index is 12.8. The van der Waals surface area contributed by atoms with Crippen LogP contribution in [-0.4, -0.2) is 56.3 Å². The Kier molecular flexibility index (Phi) is 7.23. The quantitative estimate of drug-likeness (QED) is 0.710. The molecule has 0 saturated carbocycles. The summed E-state index contributed by atoms with van der Waals surface area (Å²) in [6.07, 6.45) is 1.99. The van der Waals surface area contributed by atoms with E-state index in [1.165, 1.54) is 4.31 Å². The number of thiophene rings is 1. The molecule has 0 atom stereocenters. The van der Waals surface area contributed by atoms with E-state index in [4.69, 9.17) is 0 Å². The van der Waals surface area contributed by atoms with E-state index in [-0.39, 0.29) is 5.91 Å². The van der Waals surface area contributed by atoms with Gasteiger partial charge in [0.25, 0.3) is 0 Å². The molecule has 2 aromatic rings. The number of nitrogens with one attached hydrogen (secondary N) is 1. The molecule has 1 saturated heterocycles. The van der Waals surface area contributed by atoms with Crippen LogP contribution in [0.5, 0.6) is 0 Å². The average Bonchev–Trinajstić information content (AvgIpc) is 3.21. The number of hydrogen-bond acceptors (Lipinski definition) is 5. The third kappa shape index (κ3) is 5.41. The number of aryl methyl sites for hydroxylation is 1. The van der Waals surface area contributed by atoms with Crippen LogP contribution in [0.4, 0.5) is 0 Å². The van der Waals surface area contributed by atoms with Crippen molar-refractivity contribution < 1.29 is 13.2 Å². The molecule has 1 amide bonds. The highest BCUT2D eigenvalue weighted by molar-refractivity contribution is 7.89. The molecule has 1 aliphatic rings. The topological polar surface area (TPSA) is 69.7 Å². The lowest BCUT2D eigenvalue weighted by atomic mass is 10.1. The summed E-state index contributed by atoms with van der Waals surface area (Å²) >= 11 is 1.61. The summed E-state index contributed by atoms with van der Waals surface area (Å²) < 4.78 is 27.2. The molecule has 3 rings (SSSR count). The molecule has 0 unspecified atom stereocenters. The van der Waals surface area contributed by atoms with E-state index in [9.17, 15) is 13.2 Å². The summed E-state index contributed by atoms with van der Waals surface area (Å²) in [6, 6.07) is 11.1. The van der Waals surface area contributed by atoms with Crippen LogP contribution in [0.25, 0.3) is 0 Å². The third-order valence-corrected chi connectivity index (χ3v) is 7.63. The van der Waals surface area contributed by atoms with Crippen molar-refractivity contribution in [2.45, 2.75) is 31.2 Å². The zero-order valence-electron chi connectivity index (χ0n) is 16.1. The van der Waals surface area contributed by atoms with Crippen molar-refractivity contribution in [1.82, 2.24) is 14.5 Å². The van der Waals surface area contributed by atoms with Crippen molar-refractivity contribution in [2.75, 3.05) is 32.7 Å². The average molecular weight is 422 g/mol. The molecule has 28 heavy (non-hydrogen) atoms. The second-order valence-electron chi connectivity index (χ2n) is 6.93. The Morgan fingerprint density at radius 3 is 2.43 bits per heavy atom. The maximum absolute atomic E-state index is 12.8. The Morgan fingerprint density at radius 1 is 1.11 bits per heavy atom. The first-order valence-corrected chi connectivity index (χ1v) is 11.9. The van der Waals surface area contributed by atoms with Gasteiger partial charge < -0.3 is 5.32 Å². The Morgan fingerprint density at radius 2 is 1.82 bits per heavy atom. The van der Waals surface area contributed by atoms with E-state index in [1.54, 1.807) is 23.5 Å². The van der Waals surface area contributed by atoms with Crippen LogP contribution in [0.2, 0.25) is 0 Å². The van der Waals surface area contributed by atoms with Crippen molar-refractivity contribution in [3.63, 3.8) is 0 Å². The van der Waals surface area contributed by atoms with Gasteiger partial charge in [-0.05, 0) is 35.6 Å². The van der Waals surface area contributed by atoms with E-state index in [0.29, 0.717) is 44.2 Å². The fraction of sp³-hybridized carbons (Fsp3) is 0.450. The van der Waals surface area contributed by atoms with Gasteiger partial charge in [0.2, 0.25) is 15.9 Å². The van der Waals surface area contributed by atoms with E-state index in [2.05, 4.69) is 12.2 Å². The van der Waals surface area contributed by atoms with Gasteiger partial charge in [-0.1, -0.05) is 31.5 Å². The number of nitrogens with zero attached hydrogens (tertiary/aromatic N) is 2. The molecule has 0 aliphatic carbocycles. The van der Waals surface area contributed by atoms with Gasteiger partial charge in [0.05, 0.1) is 18.0 Å². The number of benzene rings is 1. The molecule has 1 aromatic heterocycles. The smallest absolute Gasteiger partial charge is 0.243 e. The Hall–Kier alpha value is -1.74. The van der Waals surface area contributed by atoms with Crippen molar-refractivity contribution in [2.24, 2.45) is 0 Å². The van der Waals surface area contributed by atoms with Crippen LogP contribution in [0, 0.1) is 0 Å². The van der Waals surface area contributed by atoms with E-state index < -0.39 is 10.0 Å². The maximum Gasteiger partial charge on any atom is 0.243 e. The van der Waals surface area contributed by atoms with Gasteiger partial charge in [0.1, 0.15) is 0 Å². The Bertz CT molecular complexity index is 857. The molecular formula is C20H27N3O3S2. The summed E-state index contributed by atoms with van der Waals surface area (Å²) in [5, 5.41) is 4.90. The molecule has 152 valence electrons. The number of carbonyl (C=O) groups is 1. The van der Waals surface area contributed by atoms with Crippen LogP contribution in [-0.2, 0) is 27.8 Å². The van der Waals surface area contributed by atoms with Gasteiger partial charge in [-0.15, -0.1) is 11.3 Å². The molecule has 1 aliphatic heterocycles. The lowest BCUT2D eigenvalue weighted by Crippen LogP contribution is -2.50. The number of piperazine rings is 1. The van der Waals surface area contributed by atoms with E-state index in [0.717, 1.165) is 23.3 Å². The number of carbonyl (C=O) groups excluding carboxylic acids is 1. The Balaban J connectivity index is 1.49. The van der Waals surface area contributed by atoms with Crippen molar-refractivity contribution in [3.05, 3.63) is 52.2 Å². The molecule has 0 bridgehead atoms. The van der Waals surface area contributed by atoms with Gasteiger partial charge >= 0.3 is 0 Å². The van der Waals surface area contributed by atoms with Crippen molar-refractivity contribution in [1.29, 1.82) is 0 Å². The molecule has 0 spiro atoms. The third-order valence-electron chi connectivity index (χ3n) is 4.84. The zero-order chi connectivity index (χ0) is 20.0. The Labute approximate surface area is 171 Å². The number of sulfonamides is 1. The minimum absolute atomic E-state index is 0.0313. The zero-order valence-corrected chi connectivity index (χ0v) is 17.8. The first kappa shape index (κ1) is 21.0. The first-order valence-electron chi connectivity index (χ1n) is 9.59. The monoisotopic (exact) mass is 421 g/mol. The highest BCUT2D eigenvalue weighted by atomic mass is 32.2. The van der Waals surface area contributed by atoms with Gasteiger partial charge in [-0.3, -0.25) is 9.69 Å². The molecular weight excluding hydrogens is 394 g/mol. The standard InChI is InChI=1S/C20H27N3O3S2/c1-2-4-17-6-8-19(9-7-17)28(25,26)23-12-10-22(11-13-23)16-20(24)21-15-18-5-3-14-27-18/h3,5-9,14H,2,4,10-13,15-16H2,1H3,(H,21,24). The second kappa shape index (κ2) is 9.65. The summed E-state index contributed by atoms with van der Waals surface area (Å²) in [5.41, 5.74) is 1.15. The highest BCUT2D eigenvalue weighted by Crippen LogP contribution is 2.19. The van der Waals surface area contributed by atoms with Crippen molar-refractivity contribution >= 4 is 27.3 Å². The van der Waals surface area contributed by atoms with Gasteiger partial charge in [0.15, 0.2) is 0 Å². The van der Waals surface area contributed by atoms with Crippen LogP contribution in [0.1, 0.15) is 23.8 Å². The molecule has 1 fully saturated rings. The molecule has 2 heterocycles. The fourth-order valence-electron chi connectivity index (χ4n) is 3.25. The molecule has 6 nitrogen and oxygen atoms in total. The van der Waals surface area contributed by atoms with Gasteiger partial charge in [0, 0.05) is 31.1 Å². The molecule has 1 N–H and O–H groups in total. The normalized spacial score (nSPS) is 16.2. The predicted molar refractivity (Wildman–Crippen MR) is 112 cm³/mol. The lowest BCUT2D eigenvalue weighted by Gasteiger charge is -2.33. The SMILES string of the molecule is CCCc1ccc(S(=O)(=O)N2CCN(CC(=O)NCc3cccs3)CC2)cc1. The van der Waals surface area contributed by atoms with Gasteiger partial charge in [-0.2, -0.15) is 4.31 Å². The summed E-state index contributed by atoms with van der Waals surface area (Å²) in [4.78, 5) is 15.6. The molecule has 0 radical (unpaired) electrons.